The van der Waals surface area contributed by atoms with Gasteiger partial charge in [-0.25, -0.2) is 32.8 Å². The number of phenolic OH excluding ortho intramolecular Hbond substituents is 1. The molecule has 46 heavy (non-hydrogen) atoms. The molecule has 1 aromatic heterocycles. The topological polar surface area (TPSA) is 125 Å². The fourth-order valence-electron chi connectivity index (χ4n) is 6.99. The number of carbonyl (C=O) groups is 2. The maximum Gasteiger partial charge on any atom is 0.352 e. The number of imide groups is 1. The van der Waals surface area contributed by atoms with E-state index in [0.717, 1.165) is 21.6 Å². The molecule has 7 rings (SSSR count). The van der Waals surface area contributed by atoms with Crippen LogP contribution < -0.4 is 25.8 Å². The third-order valence-corrected chi connectivity index (χ3v) is 10.4. The summed E-state index contributed by atoms with van der Waals surface area (Å²) in [6, 6.07) is 14.6. The van der Waals surface area contributed by atoms with Crippen molar-refractivity contribution in [1.29, 1.82) is 0 Å². The highest BCUT2D eigenvalue weighted by Crippen LogP contribution is 2.65. The van der Waals surface area contributed by atoms with Gasteiger partial charge in [-0.15, -0.1) is 23.2 Å². The monoisotopic (exact) mass is 666 g/mol. The summed E-state index contributed by atoms with van der Waals surface area (Å²) in [6.45, 7) is -0.0784. The highest BCUT2D eigenvalue weighted by Gasteiger charge is 2.76. The van der Waals surface area contributed by atoms with E-state index in [1.165, 1.54) is 47.8 Å². The van der Waals surface area contributed by atoms with Gasteiger partial charge in [-0.05, 0) is 42.0 Å². The first-order chi connectivity index (χ1) is 22.0. The second-order valence-electron chi connectivity index (χ2n) is 11.2. The van der Waals surface area contributed by atoms with Crippen LogP contribution in [0.5, 0.6) is 17.2 Å². The predicted octanol–water partition coefficient (Wildman–Crippen LogP) is 3.86. The van der Waals surface area contributed by atoms with Crippen molar-refractivity contribution in [3.8, 4) is 22.9 Å². The van der Waals surface area contributed by atoms with Crippen LogP contribution in [0.25, 0.3) is 5.69 Å². The van der Waals surface area contributed by atoms with E-state index in [9.17, 15) is 28.7 Å². The second kappa shape index (κ2) is 10.4. The lowest BCUT2D eigenvalue weighted by Gasteiger charge is -2.49. The lowest BCUT2D eigenvalue weighted by molar-refractivity contribution is -0.122. The van der Waals surface area contributed by atoms with Crippen LogP contribution in [-0.2, 0) is 16.1 Å². The standard InChI is InChI=1S/C32H25Cl2FN4O7/c1-45-23-14-20(40)15-24(46-2)25(23)26-21-12-13-36-29(43)38(18-6-4-3-5-7-18)30(44)39(36)22(21)16-31(33)27(41)37(28(42)32(26,31)34)19-10-8-17(35)9-11-19/h3-12,14-15,22,26,40H,13,16H2,1-2H3/t22-,26-,31-,32+/m1/s1. The van der Waals surface area contributed by atoms with Crippen LogP contribution in [0.2, 0.25) is 0 Å². The molecule has 1 saturated heterocycles. The minimum absolute atomic E-state index is 0.0375. The van der Waals surface area contributed by atoms with Gasteiger partial charge in [0.15, 0.2) is 9.75 Å². The van der Waals surface area contributed by atoms with Crippen LogP contribution in [0.3, 0.4) is 0 Å². The van der Waals surface area contributed by atoms with E-state index >= 15 is 0 Å². The molecule has 4 aromatic rings. The molecule has 2 fully saturated rings. The Morgan fingerprint density at radius 2 is 1.50 bits per heavy atom. The highest BCUT2D eigenvalue weighted by molar-refractivity contribution is 6.58. The number of aromatic nitrogens is 3. The molecule has 3 aromatic carbocycles. The zero-order chi connectivity index (χ0) is 32.7. The predicted molar refractivity (Wildman–Crippen MR) is 166 cm³/mol. The normalized spacial score (nSPS) is 25.1. The Bertz CT molecular complexity index is 2070. The van der Waals surface area contributed by atoms with E-state index in [-0.39, 0.29) is 41.5 Å². The van der Waals surface area contributed by atoms with Crippen molar-refractivity contribution in [3.63, 3.8) is 0 Å². The van der Waals surface area contributed by atoms with Crippen LogP contribution in [0, 0.1) is 5.82 Å². The number of halogens is 3. The molecule has 0 bridgehead atoms. The average Bonchev–Trinajstić information content (AvgIpc) is 3.39. The number of amides is 2. The van der Waals surface area contributed by atoms with Gasteiger partial charge in [0.1, 0.15) is 23.1 Å². The van der Waals surface area contributed by atoms with E-state index in [1.54, 1.807) is 36.4 Å². The summed E-state index contributed by atoms with van der Waals surface area (Å²) in [7, 11) is 2.69. The Morgan fingerprint density at radius 3 is 2.11 bits per heavy atom. The maximum atomic E-state index is 14.6. The number of carbonyl (C=O) groups excluding carboxylic acids is 2. The molecule has 2 aliphatic heterocycles. The zero-order valence-corrected chi connectivity index (χ0v) is 25.8. The summed E-state index contributed by atoms with van der Waals surface area (Å²) in [5.41, 5.74) is -0.337. The summed E-state index contributed by atoms with van der Waals surface area (Å²) in [4.78, 5) is 53.0. The van der Waals surface area contributed by atoms with E-state index in [4.69, 9.17) is 32.7 Å². The molecular weight excluding hydrogens is 642 g/mol. The SMILES string of the molecule is COc1cc(O)cc(OC)c1[C@H]1C2=CCn3c(=O)n(-c4ccccc4)c(=O)n3[C@@H]2C[C@@]2(Cl)C(=O)N(c3ccc(F)cc3)C(=O)[C@@]12Cl. The molecule has 3 heterocycles. The van der Waals surface area contributed by atoms with Gasteiger partial charge in [0.25, 0.3) is 11.8 Å². The number of anilines is 1. The van der Waals surface area contributed by atoms with Gasteiger partial charge in [-0.1, -0.05) is 24.3 Å². The number of benzene rings is 3. The molecule has 3 aliphatic rings. The number of hydrogen-bond donors (Lipinski definition) is 1. The highest BCUT2D eigenvalue weighted by atomic mass is 35.5. The molecule has 11 nitrogen and oxygen atoms in total. The van der Waals surface area contributed by atoms with E-state index in [1.807, 2.05) is 0 Å². The third kappa shape index (κ3) is 3.83. The van der Waals surface area contributed by atoms with Crippen molar-refractivity contribution in [1.82, 2.24) is 13.9 Å². The Hall–Kier alpha value is -4.81. The van der Waals surface area contributed by atoms with Gasteiger partial charge in [-0.3, -0.25) is 9.59 Å². The molecule has 2 amide bonds. The number of allylic oxidation sites excluding steroid dienone is 2. The lowest BCUT2D eigenvalue weighted by Crippen LogP contribution is -2.59. The summed E-state index contributed by atoms with van der Waals surface area (Å²) in [5.74, 6) is -3.73. The zero-order valence-electron chi connectivity index (χ0n) is 24.3. The van der Waals surface area contributed by atoms with Crippen LogP contribution in [0.15, 0.2) is 88.0 Å². The molecule has 4 atom stereocenters. The molecule has 14 heteroatoms. The fourth-order valence-corrected chi connectivity index (χ4v) is 7.88. The molecule has 0 spiro atoms. The van der Waals surface area contributed by atoms with E-state index in [0.29, 0.717) is 11.3 Å². The number of methoxy groups -OCH3 is 2. The van der Waals surface area contributed by atoms with Crippen LogP contribution in [0.1, 0.15) is 23.9 Å². The molecule has 1 saturated carbocycles. The van der Waals surface area contributed by atoms with Crippen LogP contribution in [0.4, 0.5) is 10.1 Å². The minimum Gasteiger partial charge on any atom is -0.508 e. The number of ether oxygens (including phenoxy) is 2. The Morgan fingerprint density at radius 1 is 0.870 bits per heavy atom. The molecular formula is C32H25Cl2FN4O7. The first-order valence-electron chi connectivity index (χ1n) is 14.1. The second-order valence-corrected chi connectivity index (χ2v) is 12.5. The number of para-hydroxylation sites is 1. The quantitative estimate of drug-likeness (QED) is 0.195. The number of nitrogens with zero attached hydrogens (tertiary/aromatic N) is 4. The number of hydrogen-bond acceptors (Lipinski definition) is 7. The largest absolute Gasteiger partial charge is 0.508 e. The van der Waals surface area contributed by atoms with Gasteiger partial charge in [0.05, 0.1) is 38.2 Å². The number of aromatic hydroxyl groups is 1. The average molecular weight is 667 g/mol. The minimum atomic E-state index is -2.24. The van der Waals surface area contributed by atoms with Crippen LogP contribution >= 0.6 is 23.2 Å². The molecule has 236 valence electrons. The number of phenols is 1. The Labute approximate surface area is 270 Å². The maximum absolute atomic E-state index is 14.6. The number of fused-ring (bicyclic) bond motifs is 4. The summed E-state index contributed by atoms with van der Waals surface area (Å²) >= 11 is 14.8. The Balaban J connectivity index is 1.52. The number of alkyl halides is 2. The summed E-state index contributed by atoms with van der Waals surface area (Å²) in [5, 5.41) is 10.4. The molecule has 0 radical (unpaired) electrons. The van der Waals surface area contributed by atoms with Crippen molar-refractivity contribution in [2.45, 2.75) is 34.7 Å². The fraction of sp³-hybridized carbons (Fsp3) is 0.250. The summed E-state index contributed by atoms with van der Waals surface area (Å²) in [6.07, 6.45) is 1.32. The van der Waals surface area contributed by atoms with E-state index in [2.05, 4.69) is 0 Å². The first kappa shape index (κ1) is 29.9. The third-order valence-electron chi connectivity index (χ3n) is 8.99. The van der Waals surface area contributed by atoms with Crippen molar-refractivity contribution in [2.24, 2.45) is 0 Å². The Kier molecular flexibility index (Phi) is 6.73. The smallest absolute Gasteiger partial charge is 0.352 e. The summed E-state index contributed by atoms with van der Waals surface area (Å²) < 4.78 is 28.6. The van der Waals surface area contributed by atoms with Crippen molar-refractivity contribution in [3.05, 3.63) is 111 Å². The van der Waals surface area contributed by atoms with Gasteiger partial charge < -0.3 is 14.6 Å². The first-order valence-corrected chi connectivity index (χ1v) is 14.9. The number of rotatable bonds is 5. The molecule has 1 aliphatic carbocycles. The van der Waals surface area contributed by atoms with Crippen molar-refractivity contribution < 1.29 is 28.6 Å². The van der Waals surface area contributed by atoms with E-state index < -0.39 is 50.7 Å². The van der Waals surface area contributed by atoms with Crippen LogP contribution in [-0.4, -0.2) is 54.8 Å². The van der Waals surface area contributed by atoms with Gasteiger partial charge in [0, 0.05) is 30.0 Å². The molecule has 1 N–H and O–H groups in total. The van der Waals surface area contributed by atoms with Gasteiger partial charge in [0.2, 0.25) is 0 Å². The van der Waals surface area contributed by atoms with Crippen molar-refractivity contribution >= 4 is 40.7 Å². The lowest BCUT2D eigenvalue weighted by atomic mass is 9.64. The van der Waals surface area contributed by atoms with Gasteiger partial charge in [-0.2, -0.15) is 0 Å². The van der Waals surface area contributed by atoms with Crippen molar-refractivity contribution in [2.75, 3.05) is 19.1 Å². The van der Waals surface area contributed by atoms with Gasteiger partial charge >= 0.3 is 11.4 Å². The molecule has 0 unspecified atom stereocenters.